The molecule has 0 aromatic heterocycles. The molecule has 1 saturated carbocycles. The number of rotatable bonds is 6. The second kappa shape index (κ2) is 7.60. The van der Waals surface area contributed by atoms with E-state index in [4.69, 9.17) is 4.74 Å². The molecule has 3 heteroatoms. The molecule has 0 bridgehead atoms. The molecule has 0 N–H and O–H groups in total. The average molecular weight is 351 g/mol. The molecular formula is C18H20BrFO. The van der Waals surface area contributed by atoms with Crippen LogP contribution in [0.3, 0.4) is 0 Å². The molecule has 1 aliphatic rings. The molecule has 0 unspecified atom stereocenters. The van der Waals surface area contributed by atoms with Gasteiger partial charge >= 0.3 is 0 Å². The van der Waals surface area contributed by atoms with Crippen LogP contribution >= 0.6 is 15.9 Å². The van der Waals surface area contributed by atoms with Crippen LogP contribution in [0, 0.1) is 12.8 Å². The lowest BCUT2D eigenvalue weighted by Crippen LogP contribution is -2.06. The van der Waals surface area contributed by atoms with E-state index in [1.54, 1.807) is 6.08 Å². The summed E-state index contributed by atoms with van der Waals surface area (Å²) < 4.78 is 20.1. The van der Waals surface area contributed by atoms with Crippen LogP contribution in [0.2, 0.25) is 0 Å². The van der Waals surface area contributed by atoms with Gasteiger partial charge in [-0.25, -0.2) is 4.39 Å². The Hall–Kier alpha value is -1.35. The third-order valence-electron chi connectivity index (χ3n) is 3.59. The average Bonchev–Trinajstić information content (AvgIpc) is 2.34. The minimum Gasteiger partial charge on any atom is -0.489 e. The predicted molar refractivity (Wildman–Crippen MR) is 89.2 cm³/mol. The van der Waals surface area contributed by atoms with Gasteiger partial charge in [-0.1, -0.05) is 47.2 Å². The lowest BCUT2D eigenvalue weighted by Gasteiger charge is -2.20. The number of ether oxygens (including phenoxy) is 1. The molecule has 1 aliphatic carbocycles. The van der Waals surface area contributed by atoms with Crippen molar-refractivity contribution in [2.75, 3.05) is 6.61 Å². The van der Waals surface area contributed by atoms with Gasteiger partial charge in [0.1, 0.15) is 18.2 Å². The van der Waals surface area contributed by atoms with Crippen molar-refractivity contribution in [2.24, 2.45) is 5.92 Å². The van der Waals surface area contributed by atoms with Crippen molar-refractivity contribution < 1.29 is 9.13 Å². The van der Waals surface area contributed by atoms with Crippen molar-refractivity contribution in [3.8, 4) is 5.75 Å². The Kier molecular flexibility index (Phi) is 5.80. The molecule has 0 saturated heterocycles. The third-order valence-corrected chi connectivity index (χ3v) is 4.05. The summed E-state index contributed by atoms with van der Waals surface area (Å²) in [5.41, 5.74) is 1.57. The highest BCUT2D eigenvalue weighted by molar-refractivity contribution is 9.10. The molecule has 0 heterocycles. The minimum absolute atomic E-state index is 0.181. The third kappa shape index (κ3) is 5.16. The van der Waals surface area contributed by atoms with Crippen molar-refractivity contribution in [1.29, 1.82) is 0 Å². The minimum atomic E-state index is -0.444. The Morgan fingerprint density at radius 1 is 1.43 bits per heavy atom. The van der Waals surface area contributed by atoms with Gasteiger partial charge in [-0.15, -0.1) is 0 Å². The van der Waals surface area contributed by atoms with E-state index in [1.165, 1.54) is 19.3 Å². The first kappa shape index (κ1) is 16.0. The van der Waals surface area contributed by atoms with Crippen LogP contribution in [-0.4, -0.2) is 6.61 Å². The van der Waals surface area contributed by atoms with E-state index in [0.29, 0.717) is 11.5 Å². The Morgan fingerprint density at radius 2 is 2.19 bits per heavy atom. The Balaban J connectivity index is 1.97. The molecule has 1 fully saturated rings. The molecule has 0 atom stereocenters. The zero-order chi connectivity index (χ0) is 15.2. The fourth-order valence-corrected chi connectivity index (χ4v) is 2.71. The molecule has 112 valence electrons. The Bertz CT molecular complexity index is 550. The fraction of sp³-hybridized carbons (Fsp3) is 0.333. The van der Waals surface area contributed by atoms with Crippen molar-refractivity contribution >= 4 is 15.9 Å². The second-order valence-electron chi connectivity index (χ2n) is 5.43. The molecule has 0 aliphatic heterocycles. The van der Waals surface area contributed by atoms with Crippen LogP contribution in [0.1, 0.15) is 24.8 Å². The number of benzene rings is 1. The smallest absolute Gasteiger partial charge is 0.122 e. The number of aryl methyl sites for hydroxylation is 1. The van der Waals surface area contributed by atoms with Gasteiger partial charge in [0.15, 0.2) is 0 Å². The van der Waals surface area contributed by atoms with Gasteiger partial charge in [0.2, 0.25) is 0 Å². The maximum absolute atomic E-state index is 13.5. The molecule has 1 aromatic rings. The standard InChI is InChI=1S/C18H20BrFO/c1-13-9-17(19)11-18(10-13)21-12-16(14(2)20)8-4-7-15-5-3-6-15/h4,7-11,15H,2-3,5-6,12H2,1H3/b7-4+,16-8-. The summed E-state index contributed by atoms with van der Waals surface area (Å²) in [6.45, 7) is 5.55. The molecule has 1 nitrogen and oxygen atoms in total. The van der Waals surface area contributed by atoms with Gasteiger partial charge in [0.05, 0.1) is 0 Å². The maximum Gasteiger partial charge on any atom is 0.122 e. The summed E-state index contributed by atoms with van der Waals surface area (Å²) >= 11 is 3.42. The summed E-state index contributed by atoms with van der Waals surface area (Å²) in [5, 5.41) is 0. The van der Waals surface area contributed by atoms with Crippen LogP contribution < -0.4 is 4.74 Å². The van der Waals surface area contributed by atoms with Gasteiger partial charge in [0.25, 0.3) is 0 Å². The monoisotopic (exact) mass is 350 g/mol. The lowest BCUT2D eigenvalue weighted by molar-refractivity contribution is 0.348. The van der Waals surface area contributed by atoms with Crippen LogP contribution in [0.4, 0.5) is 4.39 Å². The van der Waals surface area contributed by atoms with Crippen LogP contribution in [0.15, 0.2) is 58.9 Å². The van der Waals surface area contributed by atoms with Crippen molar-refractivity contribution in [3.05, 3.63) is 64.4 Å². The molecule has 0 radical (unpaired) electrons. The zero-order valence-corrected chi connectivity index (χ0v) is 13.8. The van der Waals surface area contributed by atoms with Crippen molar-refractivity contribution in [2.45, 2.75) is 26.2 Å². The highest BCUT2D eigenvalue weighted by Gasteiger charge is 2.13. The molecule has 0 spiro atoms. The summed E-state index contributed by atoms with van der Waals surface area (Å²) in [5.74, 6) is 0.931. The van der Waals surface area contributed by atoms with Gasteiger partial charge in [-0.05, 0) is 49.4 Å². The highest BCUT2D eigenvalue weighted by atomic mass is 79.9. The van der Waals surface area contributed by atoms with Crippen LogP contribution in [0.5, 0.6) is 5.75 Å². The van der Waals surface area contributed by atoms with Crippen molar-refractivity contribution in [1.82, 2.24) is 0 Å². The highest BCUT2D eigenvalue weighted by Crippen LogP contribution is 2.27. The van der Waals surface area contributed by atoms with Crippen LogP contribution in [0.25, 0.3) is 0 Å². The normalized spacial score (nSPS) is 16.0. The van der Waals surface area contributed by atoms with Gasteiger partial charge < -0.3 is 4.74 Å². The Labute approximate surface area is 134 Å². The van der Waals surface area contributed by atoms with Gasteiger partial charge in [0, 0.05) is 10.0 Å². The first-order valence-electron chi connectivity index (χ1n) is 7.17. The molecule has 1 aromatic carbocycles. The van der Waals surface area contributed by atoms with E-state index in [-0.39, 0.29) is 6.61 Å². The first-order valence-corrected chi connectivity index (χ1v) is 7.96. The zero-order valence-electron chi connectivity index (χ0n) is 12.2. The maximum atomic E-state index is 13.5. The number of allylic oxidation sites excluding steroid dienone is 3. The predicted octanol–water partition coefficient (Wildman–Crippen LogP) is 5.90. The number of hydrogen-bond donors (Lipinski definition) is 0. The lowest BCUT2D eigenvalue weighted by atomic mass is 9.85. The van der Waals surface area contributed by atoms with E-state index in [0.717, 1.165) is 15.8 Å². The second-order valence-corrected chi connectivity index (χ2v) is 6.34. The SMILES string of the molecule is C=C(F)/C(=C\C=C\C1CCC1)COc1cc(C)cc(Br)c1. The summed E-state index contributed by atoms with van der Waals surface area (Å²) in [7, 11) is 0. The van der Waals surface area contributed by atoms with Gasteiger partial charge in [-0.2, -0.15) is 0 Å². The summed E-state index contributed by atoms with van der Waals surface area (Å²) in [6, 6.07) is 5.79. The fourth-order valence-electron chi connectivity index (χ4n) is 2.13. The first-order chi connectivity index (χ1) is 10.0. The van der Waals surface area contributed by atoms with Gasteiger partial charge in [-0.3, -0.25) is 0 Å². The van der Waals surface area contributed by atoms with E-state index in [9.17, 15) is 4.39 Å². The quantitative estimate of drug-likeness (QED) is 0.580. The van der Waals surface area contributed by atoms with E-state index >= 15 is 0 Å². The Morgan fingerprint density at radius 3 is 2.76 bits per heavy atom. The van der Waals surface area contributed by atoms with Crippen molar-refractivity contribution in [3.63, 3.8) is 0 Å². The number of hydrogen-bond acceptors (Lipinski definition) is 1. The molecular weight excluding hydrogens is 331 g/mol. The van der Waals surface area contributed by atoms with Crippen LogP contribution in [-0.2, 0) is 0 Å². The summed E-state index contributed by atoms with van der Waals surface area (Å²) in [6.07, 6.45) is 9.58. The number of halogens is 2. The topological polar surface area (TPSA) is 9.23 Å². The van der Waals surface area contributed by atoms with E-state index < -0.39 is 5.83 Å². The van der Waals surface area contributed by atoms with E-state index in [1.807, 2.05) is 31.2 Å². The summed E-state index contributed by atoms with van der Waals surface area (Å²) in [4.78, 5) is 0. The largest absolute Gasteiger partial charge is 0.489 e. The molecule has 21 heavy (non-hydrogen) atoms. The molecule has 2 rings (SSSR count). The molecule has 0 amide bonds. The van der Waals surface area contributed by atoms with E-state index in [2.05, 4.69) is 28.6 Å².